The monoisotopic (exact) mass is 456 g/mol. The van der Waals surface area contributed by atoms with Gasteiger partial charge in [0.05, 0.1) is 0 Å². The number of hydrogen-bond donors (Lipinski definition) is 0. The van der Waals surface area contributed by atoms with Crippen LogP contribution in [0, 0.1) is 0 Å². The van der Waals surface area contributed by atoms with Gasteiger partial charge in [-0.3, -0.25) is 9.59 Å². The van der Waals surface area contributed by atoms with Crippen molar-refractivity contribution in [3.63, 3.8) is 0 Å². The minimum atomic E-state index is -1.09. The molecule has 0 saturated carbocycles. The third-order valence-electron chi connectivity index (χ3n) is 4.54. The van der Waals surface area contributed by atoms with Crippen LogP contribution < -0.4 is 10.6 Å². The average Bonchev–Trinajstić information content (AvgIpc) is 2.76. The summed E-state index contributed by atoms with van der Waals surface area (Å²) in [6.07, 6.45) is 4.01. The maximum absolute atomic E-state index is 12.2. The Bertz CT molecular complexity index is 910. The first kappa shape index (κ1) is 25.0. The van der Waals surface area contributed by atoms with Crippen molar-refractivity contribution in [1.29, 1.82) is 0 Å². The van der Waals surface area contributed by atoms with Crippen molar-refractivity contribution in [2.24, 2.45) is 0 Å². The zero-order valence-corrected chi connectivity index (χ0v) is 20.5. The van der Waals surface area contributed by atoms with Crippen LogP contribution in [0.3, 0.4) is 0 Å². The van der Waals surface area contributed by atoms with E-state index in [1.165, 1.54) is 13.8 Å². The predicted octanol–water partition coefficient (Wildman–Crippen LogP) is 5.84. The Morgan fingerprint density at radius 1 is 0.774 bits per heavy atom. The molecule has 31 heavy (non-hydrogen) atoms. The summed E-state index contributed by atoms with van der Waals surface area (Å²) < 4.78 is 11.9. The Kier molecular flexibility index (Phi) is 10.1. The highest BCUT2D eigenvalue weighted by Crippen LogP contribution is 2.57. The van der Waals surface area contributed by atoms with E-state index in [0.717, 1.165) is 15.9 Å². The first-order chi connectivity index (χ1) is 14.9. The lowest BCUT2D eigenvalue weighted by Gasteiger charge is -2.37. The van der Waals surface area contributed by atoms with Gasteiger partial charge in [0, 0.05) is 13.8 Å². The number of ether oxygens (including phenoxy) is 2. The second-order valence-corrected chi connectivity index (χ2v) is 11.5. The van der Waals surface area contributed by atoms with Gasteiger partial charge in [0.1, 0.15) is 0 Å². The molecule has 0 spiro atoms. The molecule has 0 radical (unpaired) electrons. The maximum atomic E-state index is 12.2. The van der Waals surface area contributed by atoms with Gasteiger partial charge in [-0.15, -0.1) is 0 Å². The third kappa shape index (κ3) is 7.13. The SMILES string of the molecule is C/C=C/P(c1ccccc1)C(OC(C)=O)C(OC(C)=O)P(/C(C)=C/C)c1ccccc1. The zero-order chi connectivity index (χ0) is 22.8. The molecule has 4 nitrogen and oxygen atoms in total. The molecule has 2 aromatic carbocycles. The van der Waals surface area contributed by atoms with Crippen molar-refractivity contribution in [1.82, 2.24) is 0 Å². The van der Waals surface area contributed by atoms with E-state index in [2.05, 4.69) is 5.82 Å². The van der Waals surface area contributed by atoms with Crippen LogP contribution in [0.4, 0.5) is 0 Å². The summed E-state index contributed by atoms with van der Waals surface area (Å²) in [5.41, 5.74) is 0. The van der Waals surface area contributed by atoms with Crippen LogP contribution in [0.15, 0.2) is 83.9 Å². The Hall–Kier alpha value is -2.28. The van der Waals surface area contributed by atoms with Gasteiger partial charge >= 0.3 is 11.9 Å². The summed E-state index contributed by atoms with van der Waals surface area (Å²) in [7, 11) is -2.18. The minimum Gasteiger partial charge on any atom is -0.453 e. The van der Waals surface area contributed by atoms with Gasteiger partial charge in [-0.1, -0.05) is 78.6 Å². The largest absolute Gasteiger partial charge is 0.453 e. The lowest BCUT2D eigenvalue weighted by Crippen LogP contribution is -2.36. The van der Waals surface area contributed by atoms with E-state index < -0.39 is 39.5 Å². The minimum absolute atomic E-state index is 0.391. The quantitative estimate of drug-likeness (QED) is 0.352. The topological polar surface area (TPSA) is 52.6 Å². The second kappa shape index (κ2) is 12.5. The number of benzene rings is 2. The number of rotatable bonds is 9. The first-order valence-corrected chi connectivity index (χ1v) is 13.1. The summed E-state index contributed by atoms with van der Waals surface area (Å²) in [6.45, 7) is 8.77. The van der Waals surface area contributed by atoms with Crippen LogP contribution in [-0.2, 0) is 19.1 Å². The van der Waals surface area contributed by atoms with Crippen LogP contribution in [0.1, 0.15) is 34.6 Å². The van der Waals surface area contributed by atoms with E-state index in [1.807, 2.05) is 93.6 Å². The van der Waals surface area contributed by atoms with Gasteiger partial charge < -0.3 is 9.47 Å². The fourth-order valence-electron chi connectivity index (χ4n) is 3.19. The Morgan fingerprint density at radius 3 is 1.71 bits per heavy atom. The van der Waals surface area contributed by atoms with Gasteiger partial charge in [0.25, 0.3) is 0 Å². The number of carbonyl (C=O) groups excluding carboxylic acids is 2. The molecule has 6 heteroatoms. The fourth-order valence-corrected chi connectivity index (χ4v) is 8.53. The van der Waals surface area contributed by atoms with Gasteiger partial charge in [0.2, 0.25) is 0 Å². The normalized spacial score (nSPS) is 15.7. The van der Waals surface area contributed by atoms with Crippen molar-refractivity contribution < 1.29 is 19.1 Å². The van der Waals surface area contributed by atoms with E-state index in [0.29, 0.717) is 0 Å². The summed E-state index contributed by atoms with van der Waals surface area (Å²) in [4.78, 5) is 24.4. The van der Waals surface area contributed by atoms with Crippen LogP contribution in [0.2, 0.25) is 0 Å². The molecule has 4 unspecified atom stereocenters. The molecule has 0 N–H and O–H groups in total. The highest BCUT2D eigenvalue weighted by atomic mass is 31.1. The molecule has 0 aliphatic carbocycles. The van der Waals surface area contributed by atoms with Crippen LogP contribution in [0.5, 0.6) is 0 Å². The second-order valence-electron chi connectivity index (χ2n) is 6.86. The number of carbonyl (C=O) groups is 2. The smallest absolute Gasteiger partial charge is 0.303 e. The predicted molar refractivity (Wildman–Crippen MR) is 131 cm³/mol. The molecule has 0 aromatic heterocycles. The van der Waals surface area contributed by atoms with E-state index in [1.54, 1.807) is 0 Å². The van der Waals surface area contributed by atoms with Crippen molar-refractivity contribution in [3.8, 4) is 0 Å². The molecule has 0 bridgehead atoms. The highest BCUT2D eigenvalue weighted by molar-refractivity contribution is 7.73. The molecule has 164 valence electrons. The summed E-state index contributed by atoms with van der Waals surface area (Å²) in [6, 6.07) is 20.0. The van der Waals surface area contributed by atoms with Crippen LogP contribution in [0.25, 0.3) is 0 Å². The fraction of sp³-hybridized carbons (Fsp3) is 0.280. The standard InChI is InChI=1S/C25H30O4P2/c1-6-18-30(22-14-10-8-11-15-22)24(28-20(4)26)25(29-21(5)27)31(19(3)7-2)23-16-12-9-13-17-23/h6-18,24-25H,1-5H3/b18-6+,19-7+. The van der Waals surface area contributed by atoms with Crippen molar-refractivity contribution in [2.75, 3.05) is 0 Å². The third-order valence-corrected chi connectivity index (χ3v) is 9.97. The number of allylic oxidation sites excluding steroid dienone is 3. The van der Waals surface area contributed by atoms with Crippen LogP contribution in [-0.4, -0.2) is 23.6 Å². The molecule has 0 saturated heterocycles. The van der Waals surface area contributed by atoms with Gasteiger partial charge in [-0.2, -0.15) is 0 Å². The van der Waals surface area contributed by atoms with E-state index in [9.17, 15) is 9.59 Å². The van der Waals surface area contributed by atoms with Crippen molar-refractivity contribution >= 4 is 38.4 Å². The van der Waals surface area contributed by atoms with E-state index in [-0.39, 0.29) is 0 Å². The first-order valence-electron chi connectivity index (χ1n) is 10.2. The molecule has 2 aromatic rings. The number of esters is 2. The van der Waals surface area contributed by atoms with Crippen molar-refractivity contribution in [2.45, 2.75) is 46.3 Å². The molecule has 4 atom stereocenters. The maximum Gasteiger partial charge on any atom is 0.303 e. The summed E-state index contributed by atoms with van der Waals surface area (Å²) in [5.74, 6) is 0.0566. The van der Waals surface area contributed by atoms with E-state index in [4.69, 9.17) is 9.47 Å². The molecule has 0 aliphatic rings. The van der Waals surface area contributed by atoms with Gasteiger partial charge in [-0.25, -0.2) is 0 Å². The zero-order valence-electron chi connectivity index (χ0n) is 18.7. The number of hydrogen-bond acceptors (Lipinski definition) is 4. The average molecular weight is 456 g/mol. The van der Waals surface area contributed by atoms with Gasteiger partial charge in [-0.05, 0) is 52.5 Å². The van der Waals surface area contributed by atoms with Crippen LogP contribution >= 0.6 is 15.8 Å². The molecule has 0 heterocycles. The molecule has 0 aliphatic heterocycles. The Labute approximate surface area is 187 Å². The lowest BCUT2D eigenvalue weighted by molar-refractivity contribution is -0.153. The molecule has 0 fully saturated rings. The molecule has 0 amide bonds. The Morgan fingerprint density at radius 2 is 1.26 bits per heavy atom. The summed E-state index contributed by atoms with van der Waals surface area (Å²) >= 11 is 0. The van der Waals surface area contributed by atoms with E-state index >= 15 is 0 Å². The van der Waals surface area contributed by atoms with Gasteiger partial charge in [0.15, 0.2) is 11.7 Å². The molecular formula is C25H30O4P2. The lowest BCUT2D eigenvalue weighted by atomic mass is 10.4. The molecule has 2 rings (SSSR count). The van der Waals surface area contributed by atoms with Crippen molar-refractivity contribution in [3.05, 3.63) is 83.9 Å². The highest BCUT2D eigenvalue weighted by Gasteiger charge is 2.40. The molecular weight excluding hydrogens is 426 g/mol. The summed E-state index contributed by atoms with van der Waals surface area (Å²) in [5, 5.41) is 3.23. The Balaban J connectivity index is 2.69.